The summed E-state index contributed by atoms with van der Waals surface area (Å²) in [5, 5.41) is 0.561. The lowest BCUT2D eigenvalue weighted by Gasteiger charge is -2.14. The summed E-state index contributed by atoms with van der Waals surface area (Å²) in [4.78, 5) is 4.82. The third kappa shape index (κ3) is 2.57. The number of benzene rings is 2. The van der Waals surface area contributed by atoms with Gasteiger partial charge >= 0.3 is 0 Å². The summed E-state index contributed by atoms with van der Waals surface area (Å²) in [5.41, 5.74) is 12.5. The number of aromatic nitrogens is 1. The van der Waals surface area contributed by atoms with E-state index in [0.29, 0.717) is 17.4 Å². The van der Waals surface area contributed by atoms with Gasteiger partial charge in [-0.05, 0) is 61.2 Å². The summed E-state index contributed by atoms with van der Waals surface area (Å²) in [7, 11) is 0. The highest BCUT2D eigenvalue weighted by Crippen LogP contribution is 2.41. The van der Waals surface area contributed by atoms with Crippen LogP contribution in [-0.4, -0.2) is 17.6 Å². The van der Waals surface area contributed by atoms with E-state index < -0.39 is 0 Å². The Bertz CT molecular complexity index is 997. The summed E-state index contributed by atoms with van der Waals surface area (Å²) in [6, 6.07) is 9.39. The molecule has 2 heterocycles. The molecule has 0 bridgehead atoms. The number of ether oxygens (including phenoxy) is 1. The monoisotopic (exact) mass is 336 g/mol. The molecule has 0 amide bonds. The molecule has 0 unspecified atom stereocenters. The van der Waals surface area contributed by atoms with E-state index in [1.165, 1.54) is 11.6 Å². The molecule has 0 aliphatic carbocycles. The van der Waals surface area contributed by atoms with Gasteiger partial charge in [-0.2, -0.15) is 0 Å². The first-order valence-electron chi connectivity index (χ1n) is 8.55. The van der Waals surface area contributed by atoms with E-state index in [2.05, 4.69) is 19.1 Å². The molecule has 2 aromatic carbocycles. The number of fused-ring (bicyclic) bond motifs is 2. The van der Waals surface area contributed by atoms with E-state index in [0.717, 1.165) is 40.1 Å². The molecule has 3 nitrogen and oxygen atoms in total. The predicted octanol–water partition coefficient (Wildman–Crippen LogP) is 4.23. The minimum absolute atomic E-state index is 0.00972. The van der Waals surface area contributed by atoms with Crippen molar-refractivity contribution in [3.63, 3.8) is 0 Å². The van der Waals surface area contributed by atoms with Crippen LogP contribution >= 0.6 is 0 Å². The van der Waals surface area contributed by atoms with E-state index in [-0.39, 0.29) is 11.9 Å². The average Bonchev–Trinajstić information content (AvgIpc) is 3.00. The van der Waals surface area contributed by atoms with Crippen LogP contribution in [0.3, 0.4) is 0 Å². The van der Waals surface area contributed by atoms with E-state index >= 15 is 0 Å². The Balaban J connectivity index is 1.98. The number of nitrogens with two attached hydrogens (primary N) is 1. The Kier molecular flexibility index (Phi) is 3.73. The molecule has 4 rings (SSSR count). The van der Waals surface area contributed by atoms with Gasteiger partial charge in [0.1, 0.15) is 17.7 Å². The van der Waals surface area contributed by atoms with Crippen LogP contribution in [0.15, 0.2) is 30.3 Å². The standard InChI is InChI=1S/C21H21FN2O/c1-11-6-14-9-15(10-23)25-21(14)17(7-11)20-13(3)8-16-18(22)5-4-12(2)19(16)24-20/h4-8,15H,9-10,23H2,1-3H3/t15-/m0/s1. The number of hydrogen-bond acceptors (Lipinski definition) is 3. The molecule has 0 spiro atoms. The largest absolute Gasteiger partial charge is 0.488 e. The minimum atomic E-state index is -0.239. The molecular formula is C21H21FN2O. The first-order valence-corrected chi connectivity index (χ1v) is 8.55. The van der Waals surface area contributed by atoms with Gasteiger partial charge in [-0.15, -0.1) is 0 Å². The molecule has 2 N–H and O–H groups in total. The number of halogens is 1. The number of rotatable bonds is 2. The fourth-order valence-electron chi connectivity index (χ4n) is 3.64. The van der Waals surface area contributed by atoms with Crippen LogP contribution in [0, 0.1) is 26.6 Å². The highest BCUT2D eigenvalue weighted by atomic mass is 19.1. The van der Waals surface area contributed by atoms with Gasteiger partial charge < -0.3 is 10.5 Å². The van der Waals surface area contributed by atoms with Crippen molar-refractivity contribution in [1.29, 1.82) is 0 Å². The van der Waals surface area contributed by atoms with E-state index in [1.54, 1.807) is 6.07 Å². The van der Waals surface area contributed by atoms with Crippen molar-refractivity contribution in [3.8, 4) is 17.0 Å². The second-order valence-electron chi connectivity index (χ2n) is 6.89. The van der Waals surface area contributed by atoms with Crippen molar-refractivity contribution in [3.05, 3.63) is 58.4 Å². The van der Waals surface area contributed by atoms with Crippen molar-refractivity contribution >= 4 is 10.9 Å². The van der Waals surface area contributed by atoms with Gasteiger partial charge in [0, 0.05) is 23.9 Å². The van der Waals surface area contributed by atoms with Crippen LogP contribution in [0.25, 0.3) is 22.2 Å². The Morgan fingerprint density at radius 3 is 2.72 bits per heavy atom. The SMILES string of the molecule is Cc1cc2c(c(-c3nc4c(C)ccc(F)c4cc3C)c1)O[C@H](CN)C2. The highest BCUT2D eigenvalue weighted by molar-refractivity contribution is 5.87. The lowest BCUT2D eigenvalue weighted by atomic mass is 9.97. The molecule has 0 radical (unpaired) electrons. The van der Waals surface area contributed by atoms with E-state index in [9.17, 15) is 4.39 Å². The maximum absolute atomic E-state index is 14.2. The van der Waals surface area contributed by atoms with Crippen LogP contribution in [0.4, 0.5) is 4.39 Å². The molecule has 0 saturated heterocycles. The van der Waals surface area contributed by atoms with Crippen LogP contribution in [-0.2, 0) is 6.42 Å². The van der Waals surface area contributed by atoms with Crippen LogP contribution < -0.4 is 10.5 Å². The Morgan fingerprint density at radius 1 is 1.16 bits per heavy atom. The summed E-state index contributed by atoms with van der Waals surface area (Å²) in [6.45, 7) is 6.48. The van der Waals surface area contributed by atoms with Gasteiger partial charge in [-0.25, -0.2) is 9.37 Å². The third-order valence-electron chi connectivity index (χ3n) is 4.88. The quantitative estimate of drug-likeness (QED) is 0.762. The molecule has 0 fully saturated rings. The minimum Gasteiger partial charge on any atom is -0.488 e. The Labute approximate surface area is 146 Å². The molecule has 128 valence electrons. The summed E-state index contributed by atoms with van der Waals surface area (Å²) in [6.07, 6.45) is 0.830. The van der Waals surface area contributed by atoms with Gasteiger partial charge in [0.2, 0.25) is 0 Å². The summed E-state index contributed by atoms with van der Waals surface area (Å²) < 4.78 is 20.3. The zero-order chi connectivity index (χ0) is 17.7. The molecule has 1 atom stereocenters. The van der Waals surface area contributed by atoms with Gasteiger partial charge in [0.25, 0.3) is 0 Å². The van der Waals surface area contributed by atoms with Crippen molar-refractivity contribution in [2.45, 2.75) is 33.3 Å². The average molecular weight is 336 g/mol. The second-order valence-corrected chi connectivity index (χ2v) is 6.89. The van der Waals surface area contributed by atoms with Crippen molar-refractivity contribution in [2.75, 3.05) is 6.54 Å². The van der Waals surface area contributed by atoms with Crippen molar-refractivity contribution in [1.82, 2.24) is 4.98 Å². The smallest absolute Gasteiger partial charge is 0.132 e. The molecule has 1 aromatic heterocycles. The van der Waals surface area contributed by atoms with Gasteiger partial charge in [-0.1, -0.05) is 12.1 Å². The summed E-state index contributed by atoms with van der Waals surface area (Å²) in [5.74, 6) is 0.627. The van der Waals surface area contributed by atoms with Gasteiger partial charge in [0.05, 0.1) is 11.2 Å². The maximum Gasteiger partial charge on any atom is 0.132 e. The van der Waals surface area contributed by atoms with Crippen LogP contribution in [0.5, 0.6) is 5.75 Å². The van der Waals surface area contributed by atoms with E-state index in [1.807, 2.05) is 19.9 Å². The molecule has 3 aromatic rings. The number of aryl methyl sites for hydroxylation is 3. The third-order valence-corrected chi connectivity index (χ3v) is 4.88. The first-order chi connectivity index (χ1) is 12.0. The van der Waals surface area contributed by atoms with Crippen LogP contribution in [0.2, 0.25) is 0 Å². The topological polar surface area (TPSA) is 48.1 Å². The number of nitrogens with zero attached hydrogens (tertiary/aromatic N) is 1. The number of pyridine rings is 1. The molecular weight excluding hydrogens is 315 g/mol. The molecule has 1 aliphatic heterocycles. The zero-order valence-corrected chi connectivity index (χ0v) is 14.7. The molecule has 4 heteroatoms. The van der Waals surface area contributed by atoms with Crippen molar-refractivity contribution in [2.24, 2.45) is 5.73 Å². The van der Waals surface area contributed by atoms with Gasteiger partial charge in [-0.3, -0.25) is 0 Å². The lowest BCUT2D eigenvalue weighted by Crippen LogP contribution is -2.24. The predicted molar refractivity (Wildman–Crippen MR) is 98.5 cm³/mol. The summed E-state index contributed by atoms with van der Waals surface area (Å²) >= 11 is 0. The normalized spacial score (nSPS) is 16.1. The highest BCUT2D eigenvalue weighted by Gasteiger charge is 2.26. The molecule has 1 aliphatic rings. The molecule has 0 saturated carbocycles. The fourth-order valence-corrected chi connectivity index (χ4v) is 3.64. The second kappa shape index (κ2) is 5.81. The van der Waals surface area contributed by atoms with Gasteiger partial charge in [0.15, 0.2) is 0 Å². The lowest BCUT2D eigenvalue weighted by molar-refractivity contribution is 0.242. The Hall–Kier alpha value is -2.46. The number of hydrogen-bond donors (Lipinski definition) is 1. The molecule has 25 heavy (non-hydrogen) atoms. The fraction of sp³-hybridized carbons (Fsp3) is 0.286. The van der Waals surface area contributed by atoms with E-state index in [4.69, 9.17) is 15.5 Å². The van der Waals surface area contributed by atoms with Crippen LogP contribution in [0.1, 0.15) is 22.3 Å². The zero-order valence-electron chi connectivity index (χ0n) is 14.7. The maximum atomic E-state index is 14.2. The Morgan fingerprint density at radius 2 is 1.96 bits per heavy atom. The first kappa shape index (κ1) is 16.0. The van der Waals surface area contributed by atoms with Crippen molar-refractivity contribution < 1.29 is 9.13 Å².